The normalized spacial score (nSPS) is 13.9. The van der Waals surface area contributed by atoms with Gasteiger partial charge in [0.15, 0.2) is 5.76 Å². The molecule has 5 rings (SSSR count). The summed E-state index contributed by atoms with van der Waals surface area (Å²) in [5, 5.41) is 4.20. The van der Waals surface area contributed by atoms with E-state index in [1.165, 1.54) is 6.33 Å². The molecule has 0 saturated carbocycles. The Morgan fingerprint density at radius 1 is 1.10 bits per heavy atom. The van der Waals surface area contributed by atoms with Crippen LogP contribution in [0.25, 0.3) is 22.7 Å². The van der Waals surface area contributed by atoms with Crippen LogP contribution in [0, 0.1) is 0 Å². The molecule has 0 unspecified atom stereocenters. The molecule has 3 aromatic heterocycles. The lowest BCUT2D eigenvalue weighted by Crippen LogP contribution is -2.35. The molecule has 8 nitrogen and oxygen atoms in total. The topological polar surface area (TPSA) is 101 Å². The Morgan fingerprint density at radius 3 is 2.76 bits per heavy atom. The summed E-state index contributed by atoms with van der Waals surface area (Å²) in [6.07, 6.45) is 5.37. The van der Waals surface area contributed by atoms with Crippen LogP contribution >= 0.6 is 0 Å². The molecule has 4 aromatic rings. The molecule has 0 saturated heterocycles. The number of fused-ring (bicyclic) bond motifs is 1. The number of rotatable bonds is 4. The average Bonchev–Trinajstić information content (AvgIpc) is 3.23. The summed E-state index contributed by atoms with van der Waals surface area (Å²) >= 11 is 0. The third kappa shape index (κ3) is 3.57. The Hall–Kier alpha value is -3.65. The standard InChI is InChI=1S/C21H18N6O2/c28-21-17-6-7-27(11-16-8-19(29-26-16)14-4-2-1-3-5-14)12-18(17)24-20(25-21)15-9-22-13-23-10-15/h1-5,8-10,13H,6-7,11-12H2,(H,24,25,28). The minimum Gasteiger partial charge on any atom is -0.356 e. The van der Waals surface area contributed by atoms with Gasteiger partial charge in [0.05, 0.1) is 17.0 Å². The molecule has 8 heteroatoms. The lowest BCUT2D eigenvalue weighted by atomic mass is 10.1. The molecule has 29 heavy (non-hydrogen) atoms. The molecule has 0 spiro atoms. The fourth-order valence-corrected chi connectivity index (χ4v) is 3.54. The highest BCUT2D eigenvalue weighted by Gasteiger charge is 2.22. The zero-order chi connectivity index (χ0) is 19.6. The van der Waals surface area contributed by atoms with Crippen LogP contribution in [0.2, 0.25) is 0 Å². The van der Waals surface area contributed by atoms with Crippen molar-refractivity contribution in [3.05, 3.63) is 82.4 Å². The van der Waals surface area contributed by atoms with E-state index in [2.05, 4.69) is 30.0 Å². The van der Waals surface area contributed by atoms with Crippen molar-refractivity contribution in [3.63, 3.8) is 0 Å². The van der Waals surface area contributed by atoms with Crippen LogP contribution in [0.4, 0.5) is 0 Å². The SMILES string of the molecule is O=c1[nH]c(-c2cncnc2)nc2c1CCN(Cc1cc(-c3ccccc3)on1)C2. The van der Waals surface area contributed by atoms with E-state index in [1.54, 1.807) is 12.4 Å². The van der Waals surface area contributed by atoms with Crippen molar-refractivity contribution in [1.82, 2.24) is 30.0 Å². The van der Waals surface area contributed by atoms with Crippen LogP contribution in [0.5, 0.6) is 0 Å². The second kappa shape index (κ2) is 7.40. The predicted octanol–water partition coefficient (Wildman–Crippen LogP) is 2.44. The van der Waals surface area contributed by atoms with Crippen molar-refractivity contribution in [2.75, 3.05) is 6.54 Å². The molecule has 4 heterocycles. The molecule has 0 fully saturated rings. The zero-order valence-corrected chi connectivity index (χ0v) is 15.6. The highest BCUT2D eigenvalue weighted by molar-refractivity contribution is 5.57. The van der Waals surface area contributed by atoms with E-state index in [4.69, 9.17) is 4.52 Å². The van der Waals surface area contributed by atoms with E-state index in [9.17, 15) is 4.79 Å². The highest BCUT2D eigenvalue weighted by Crippen LogP contribution is 2.22. The number of benzene rings is 1. The van der Waals surface area contributed by atoms with Gasteiger partial charge >= 0.3 is 0 Å². The third-order valence-electron chi connectivity index (χ3n) is 4.99. The second-order valence-corrected chi connectivity index (χ2v) is 6.98. The minimum absolute atomic E-state index is 0.0960. The van der Waals surface area contributed by atoms with Crippen molar-refractivity contribution in [3.8, 4) is 22.7 Å². The summed E-state index contributed by atoms with van der Waals surface area (Å²) in [6.45, 7) is 1.97. The predicted molar refractivity (Wildman–Crippen MR) is 106 cm³/mol. The first-order valence-corrected chi connectivity index (χ1v) is 9.37. The summed E-state index contributed by atoms with van der Waals surface area (Å²) in [4.78, 5) is 30.2. The van der Waals surface area contributed by atoms with Crippen LogP contribution in [0.15, 0.2) is 64.4 Å². The van der Waals surface area contributed by atoms with Gasteiger partial charge in [-0.15, -0.1) is 0 Å². The molecule has 1 aromatic carbocycles. The Bertz CT molecular complexity index is 1190. The van der Waals surface area contributed by atoms with Crippen LogP contribution in [0.1, 0.15) is 17.0 Å². The molecule has 144 valence electrons. The molecule has 0 aliphatic carbocycles. The molecule has 1 aliphatic rings. The van der Waals surface area contributed by atoms with Gasteiger partial charge in [0.25, 0.3) is 5.56 Å². The molecular formula is C21H18N6O2. The Labute approximate surface area is 166 Å². The fourth-order valence-electron chi connectivity index (χ4n) is 3.54. The van der Waals surface area contributed by atoms with Crippen molar-refractivity contribution >= 4 is 0 Å². The van der Waals surface area contributed by atoms with E-state index < -0.39 is 0 Å². The fraction of sp³-hybridized carbons (Fsp3) is 0.190. The molecule has 0 amide bonds. The maximum atomic E-state index is 12.5. The lowest BCUT2D eigenvalue weighted by molar-refractivity contribution is 0.233. The van der Waals surface area contributed by atoms with E-state index in [0.717, 1.165) is 34.8 Å². The van der Waals surface area contributed by atoms with Gasteiger partial charge in [0.2, 0.25) is 0 Å². The van der Waals surface area contributed by atoms with Gasteiger partial charge < -0.3 is 9.51 Å². The van der Waals surface area contributed by atoms with Gasteiger partial charge in [0, 0.05) is 49.2 Å². The summed E-state index contributed by atoms with van der Waals surface area (Å²) in [6, 6.07) is 11.9. The van der Waals surface area contributed by atoms with Gasteiger partial charge in [-0.25, -0.2) is 15.0 Å². The van der Waals surface area contributed by atoms with Crippen molar-refractivity contribution in [2.45, 2.75) is 19.5 Å². The van der Waals surface area contributed by atoms with Gasteiger partial charge in [-0.1, -0.05) is 35.5 Å². The third-order valence-corrected chi connectivity index (χ3v) is 4.99. The quantitative estimate of drug-likeness (QED) is 0.575. The van der Waals surface area contributed by atoms with Crippen molar-refractivity contribution < 1.29 is 4.52 Å². The van der Waals surface area contributed by atoms with Gasteiger partial charge in [-0.3, -0.25) is 9.69 Å². The molecule has 1 N–H and O–H groups in total. The van der Waals surface area contributed by atoms with Crippen molar-refractivity contribution in [2.24, 2.45) is 0 Å². The molecule has 0 radical (unpaired) electrons. The number of aromatic nitrogens is 5. The first-order valence-electron chi connectivity index (χ1n) is 9.37. The zero-order valence-electron chi connectivity index (χ0n) is 15.6. The number of hydrogen-bond acceptors (Lipinski definition) is 7. The number of hydrogen-bond donors (Lipinski definition) is 1. The number of aromatic amines is 1. The summed E-state index contributed by atoms with van der Waals surface area (Å²) in [5.41, 5.74) is 3.97. The summed E-state index contributed by atoms with van der Waals surface area (Å²) in [5.74, 6) is 1.24. The van der Waals surface area contributed by atoms with Gasteiger partial charge in [0.1, 0.15) is 12.2 Å². The molecule has 0 bridgehead atoms. The summed E-state index contributed by atoms with van der Waals surface area (Å²) in [7, 11) is 0. The van der Waals surface area contributed by atoms with Gasteiger partial charge in [-0.05, 0) is 6.42 Å². The smallest absolute Gasteiger partial charge is 0.254 e. The average molecular weight is 386 g/mol. The molecule has 0 atom stereocenters. The first kappa shape index (κ1) is 17.4. The minimum atomic E-state index is -0.0960. The van der Waals surface area contributed by atoms with Crippen LogP contribution < -0.4 is 5.56 Å². The Morgan fingerprint density at radius 2 is 1.93 bits per heavy atom. The molecule has 1 aliphatic heterocycles. The molecular weight excluding hydrogens is 368 g/mol. The summed E-state index contributed by atoms with van der Waals surface area (Å²) < 4.78 is 5.50. The van der Waals surface area contributed by atoms with Crippen molar-refractivity contribution in [1.29, 1.82) is 0 Å². The first-order chi connectivity index (χ1) is 14.3. The van der Waals surface area contributed by atoms with E-state index >= 15 is 0 Å². The van der Waals surface area contributed by atoms with E-state index in [1.807, 2.05) is 36.4 Å². The van der Waals surface area contributed by atoms with Crippen LogP contribution in [-0.2, 0) is 19.5 Å². The number of nitrogens with one attached hydrogen (secondary N) is 1. The Kier molecular flexibility index (Phi) is 4.45. The maximum absolute atomic E-state index is 12.5. The van der Waals surface area contributed by atoms with Crippen LogP contribution in [0.3, 0.4) is 0 Å². The lowest BCUT2D eigenvalue weighted by Gasteiger charge is -2.26. The second-order valence-electron chi connectivity index (χ2n) is 6.98. The monoisotopic (exact) mass is 386 g/mol. The van der Waals surface area contributed by atoms with Gasteiger partial charge in [-0.2, -0.15) is 0 Å². The number of nitrogens with zero attached hydrogens (tertiary/aromatic N) is 5. The van der Waals surface area contributed by atoms with Crippen LogP contribution in [-0.4, -0.2) is 36.5 Å². The highest BCUT2D eigenvalue weighted by atomic mass is 16.5. The van der Waals surface area contributed by atoms with E-state index in [-0.39, 0.29) is 5.56 Å². The van der Waals surface area contributed by atoms with E-state index in [0.29, 0.717) is 30.9 Å². The Balaban J connectivity index is 1.36. The largest absolute Gasteiger partial charge is 0.356 e. The number of H-pyrrole nitrogens is 1. The maximum Gasteiger partial charge on any atom is 0.254 e.